The molecule has 0 unspecified atom stereocenters. The lowest BCUT2D eigenvalue weighted by atomic mass is 9.70. The summed E-state index contributed by atoms with van der Waals surface area (Å²) in [6.07, 6.45) is 1.99. The summed E-state index contributed by atoms with van der Waals surface area (Å²) in [6, 6.07) is 107. The highest BCUT2D eigenvalue weighted by molar-refractivity contribution is 7.26. The summed E-state index contributed by atoms with van der Waals surface area (Å²) >= 11 is 1.86. The Bertz CT molecular complexity index is 5620. The van der Waals surface area contributed by atoms with Crippen molar-refractivity contribution < 1.29 is 0 Å². The zero-order valence-corrected chi connectivity index (χ0v) is 47.8. The third-order valence-corrected chi connectivity index (χ3v) is 21.4. The van der Waals surface area contributed by atoms with Gasteiger partial charge in [-0.3, -0.25) is 4.98 Å². The fraction of sp³-hybridized carbons (Fsp3) is 0.0238. The van der Waals surface area contributed by atoms with E-state index in [-0.39, 0.29) is 0 Å². The Hall–Kier alpha value is -10.8. The van der Waals surface area contributed by atoms with Crippen LogP contribution in [-0.4, -0.2) is 9.97 Å². The maximum atomic E-state index is 5.68. The first-order chi connectivity index (χ1) is 43.1. The minimum absolute atomic E-state index is 0.443. The van der Waals surface area contributed by atoms with E-state index in [4.69, 9.17) is 9.97 Å². The Morgan fingerprint density at radius 3 is 1.15 bits per heavy atom. The second-order valence-electron chi connectivity index (χ2n) is 24.1. The van der Waals surface area contributed by atoms with Crippen molar-refractivity contribution in [2.24, 2.45) is 0 Å². The van der Waals surface area contributed by atoms with Crippen molar-refractivity contribution in [3.63, 3.8) is 0 Å². The molecule has 4 aliphatic rings. The van der Waals surface area contributed by atoms with E-state index < -0.39 is 10.8 Å². The number of aromatic nitrogens is 2. The summed E-state index contributed by atoms with van der Waals surface area (Å²) in [4.78, 5) is 11.1. The molecule has 0 atom stereocenters. The monoisotopic (exact) mass is 1120 g/mol. The standard InChI is InChI=1S/C84H48N2S/c1-8-28-70-56(19-1)57-20-2-9-29-71(57)83(70)74-32-12-5-23-60(74)62-39-35-51(46-76(62)83)49-37-41-65-68(44-49)69-45-50(52-36-40-63-61-24-6-13-33-75(61)84(77(63)47-52)72-30-10-3-21-58(72)59-22-4-11-31-73(59)84)38-42-66(69)81-80(65)85-48-78(86-81)54-18-15-17-53(43-54)55-26-16-27-67-64-25-7-14-34-79(64)87-82(55)67/h1-48H. The highest BCUT2D eigenvalue weighted by Gasteiger charge is 2.53. The van der Waals surface area contributed by atoms with Gasteiger partial charge in [0.05, 0.1) is 33.8 Å². The molecule has 0 saturated carbocycles. The van der Waals surface area contributed by atoms with Crippen LogP contribution < -0.4 is 0 Å². The van der Waals surface area contributed by atoms with Gasteiger partial charge in [-0.25, -0.2) is 4.98 Å². The minimum Gasteiger partial charge on any atom is -0.252 e. The summed E-state index contributed by atoms with van der Waals surface area (Å²) in [7, 11) is 0. The lowest BCUT2D eigenvalue weighted by molar-refractivity contribution is 0.794. The fourth-order valence-electron chi connectivity index (χ4n) is 16.6. The topological polar surface area (TPSA) is 25.8 Å². The van der Waals surface area contributed by atoms with E-state index in [9.17, 15) is 0 Å². The molecular weight excluding hydrogens is 1070 g/mol. The second kappa shape index (κ2) is 17.4. The van der Waals surface area contributed by atoms with Crippen molar-refractivity contribution in [2.45, 2.75) is 10.8 Å². The number of rotatable bonds is 4. The predicted octanol–water partition coefficient (Wildman–Crippen LogP) is 21.7. The first-order valence-electron chi connectivity index (χ1n) is 30.2. The van der Waals surface area contributed by atoms with Crippen LogP contribution in [0.25, 0.3) is 142 Å². The van der Waals surface area contributed by atoms with Crippen LogP contribution in [-0.2, 0) is 10.8 Å². The van der Waals surface area contributed by atoms with E-state index in [1.165, 1.54) is 131 Å². The molecule has 2 heterocycles. The summed E-state index contributed by atoms with van der Waals surface area (Å²) < 4.78 is 2.60. The van der Waals surface area contributed by atoms with E-state index >= 15 is 0 Å². The number of benzene rings is 14. The van der Waals surface area contributed by atoms with Gasteiger partial charge in [0.2, 0.25) is 0 Å². The van der Waals surface area contributed by atoms with Gasteiger partial charge in [-0.15, -0.1) is 11.3 Å². The molecule has 0 aliphatic heterocycles. The van der Waals surface area contributed by atoms with Crippen LogP contribution in [0.4, 0.5) is 0 Å². The highest BCUT2D eigenvalue weighted by atomic mass is 32.1. The molecule has 0 saturated heterocycles. The smallest absolute Gasteiger partial charge is 0.0979 e. The number of fused-ring (bicyclic) bond motifs is 29. The number of hydrogen-bond donors (Lipinski definition) is 0. The highest BCUT2D eigenvalue weighted by Crippen LogP contribution is 2.65. The van der Waals surface area contributed by atoms with Gasteiger partial charge in [-0.1, -0.05) is 249 Å². The Kier molecular flexibility index (Phi) is 9.50. The van der Waals surface area contributed by atoms with Crippen LogP contribution in [0.2, 0.25) is 0 Å². The zero-order chi connectivity index (χ0) is 56.7. The third kappa shape index (κ3) is 6.18. The maximum absolute atomic E-state index is 5.68. The van der Waals surface area contributed by atoms with E-state index in [0.717, 1.165) is 55.0 Å². The van der Waals surface area contributed by atoms with Gasteiger partial charge in [0.15, 0.2) is 0 Å². The predicted molar refractivity (Wildman–Crippen MR) is 362 cm³/mol. The summed E-state index contributed by atoms with van der Waals surface area (Å²) in [6.45, 7) is 0. The average Bonchev–Trinajstić information content (AvgIpc) is 1.58. The van der Waals surface area contributed by atoms with Crippen LogP contribution in [0, 0.1) is 0 Å². The van der Waals surface area contributed by atoms with Gasteiger partial charge in [-0.05, 0) is 170 Å². The molecule has 16 aromatic rings. The van der Waals surface area contributed by atoms with Crippen molar-refractivity contribution in [3.8, 4) is 89.1 Å². The van der Waals surface area contributed by atoms with E-state index in [2.05, 4.69) is 285 Å². The Morgan fingerprint density at radius 2 is 0.632 bits per heavy atom. The Morgan fingerprint density at radius 1 is 0.241 bits per heavy atom. The normalized spacial score (nSPS) is 13.9. The first kappa shape index (κ1) is 47.5. The molecule has 87 heavy (non-hydrogen) atoms. The van der Waals surface area contributed by atoms with Crippen LogP contribution in [0.1, 0.15) is 44.5 Å². The molecule has 3 heteroatoms. The molecule has 0 amide bonds. The lowest BCUT2D eigenvalue weighted by Crippen LogP contribution is -2.25. The van der Waals surface area contributed by atoms with Crippen LogP contribution in [0.5, 0.6) is 0 Å². The molecule has 0 radical (unpaired) electrons. The molecule has 14 aromatic carbocycles. The van der Waals surface area contributed by atoms with Crippen LogP contribution in [0.15, 0.2) is 291 Å². The van der Waals surface area contributed by atoms with Gasteiger partial charge < -0.3 is 0 Å². The number of thiophene rings is 1. The maximum Gasteiger partial charge on any atom is 0.0979 e. The fourth-order valence-corrected chi connectivity index (χ4v) is 17.8. The molecule has 0 fully saturated rings. The first-order valence-corrected chi connectivity index (χ1v) is 31.0. The van der Waals surface area contributed by atoms with Crippen molar-refractivity contribution in [3.05, 3.63) is 336 Å². The molecule has 0 bridgehead atoms. The quantitative estimate of drug-likeness (QED) is 0.164. The van der Waals surface area contributed by atoms with Gasteiger partial charge in [0.1, 0.15) is 0 Å². The zero-order valence-electron chi connectivity index (χ0n) is 47.0. The van der Waals surface area contributed by atoms with Crippen molar-refractivity contribution in [1.82, 2.24) is 9.97 Å². The lowest BCUT2D eigenvalue weighted by Gasteiger charge is -2.30. The van der Waals surface area contributed by atoms with E-state index in [0.29, 0.717) is 0 Å². The van der Waals surface area contributed by atoms with Crippen molar-refractivity contribution >= 4 is 64.1 Å². The molecule has 2 nitrogen and oxygen atoms in total. The summed E-state index contributed by atoms with van der Waals surface area (Å²) in [5.74, 6) is 0. The molecule has 2 spiro atoms. The third-order valence-electron chi connectivity index (χ3n) is 20.1. The Labute approximate surface area is 506 Å². The second-order valence-corrected chi connectivity index (χ2v) is 25.2. The Balaban J connectivity index is 0.798. The summed E-state index contributed by atoms with van der Waals surface area (Å²) in [5, 5.41) is 7.04. The molecule has 20 rings (SSSR count). The molecule has 0 N–H and O–H groups in total. The minimum atomic E-state index is -0.448. The van der Waals surface area contributed by atoms with E-state index in [1.807, 2.05) is 17.5 Å². The van der Waals surface area contributed by atoms with Gasteiger partial charge in [0.25, 0.3) is 0 Å². The molecule has 4 aliphatic carbocycles. The number of nitrogens with zero attached hydrogens (tertiary/aromatic N) is 2. The van der Waals surface area contributed by atoms with Gasteiger partial charge in [0, 0.05) is 36.5 Å². The molecule has 2 aromatic heterocycles. The van der Waals surface area contributed by atoms with E-state index in [1.54, 1.807) is 0 Å². The average molecular weight is 1120 g/mol. The molecular formula is C84H48N2S. The molecule has 400 valence electrons. The van der Waals surface area contributed by atoms with Crippen LogP contribution >= 0.6 is 11.3 Å². The largest absolute Gasteiger partial charge is 0.252 e. The summed E-state index contributed by atoms with van der Waals surface area (Å²) in [5.41, 5.74) is 31.0. The SMILES string of the molecule is c1cc(-c2cnc3c4ccc(-c5ccc6c(c5)C5(c7ccccc7-c7ccccc75)c5ccccc5-6)cc4c4cc(-c5ccc6c(c5)C5(c7ccccc7-c7ccccc75)c5ccccc5-6)ccc4c3n2)cc(-c2cccc3c2sc2ccccc23)c1. The van der Waals surface area contributed by atoms with Crippen molar-refractivity contribution in [1.29, 1.82) is 0 Å². The van der Waals surface area contributed by atoms with Crippen molar-refractivity contribution in [2.75, 3.05) is 0 Å². The van der Waals surface area contributed by atoms with Gasteiger partial charge >= 0.3 is 0 Å². The van der Waals surface area contributed by atoms with Gasteiger partial charge in [-0.2, -0.15) is 0 Å². The number of hydrogen-bond acceptors (Lipinski definition) is 3. The van der Waals surface area contributed by atoms with Crippen LogP contribution in [0.3, 0.4) is 0 Å².